The predicted octanol–water partition coefficient (Wildman–Crippen LogP) is 3.67. The van der Waals surface area contributed by atoms with Crippen LogP contribution in [0.2, 0.25) is 0 Å². The van der Waals surface area contributed by atoms with E-state index < -0.39 is 0 Å². The van der Waals surface area contributed by atoms with Crippen LogP contribution in [0.3, 0.4) is 0 Å². The Bertz CT molecular complexity index is 578. The van der Waals surface area contributed by atoms with Gasteiger partial charge in [0, 0.05) is 23.4 Å². The topological polar surface area (TPSA) is 43.8 Å². The van der Waals surface area contributed by atoms with Gasteiger partial charge >= 0.3 is 0 Å². The van der Waals surface area contributed by atoms with Crippen molar-refractivity contribution in [3.8, 4) is 0 Å². The molecule has 1 heterocycles. The molecule has 5 heteroatoms. The van der Waals surface area contributed by atoms with E-state index in [1.807, 2.05) is 31.6 Å². The van der Waals surface area contributed by atoms with Gasteiger partial charge in [0.25, 0.3) is 0 Å². The number of halogens is 1. The van der Waals surface area contributed by atoms with Crippen LogP contribution in [0.1, 0.15) is 17.0 Å². The molecule has 0 atom stereocenters. The van der Waals surface area contributed by atoms with Gasteiger partial charge in [-0.1, -0.05) is 0 Å². The molecule has 3 nitrogen and oxygen atoms in total. The summed E-state index contributed by atoms with van der Waals surface area (Å²) >= 11 is 5.38. The fourth-order valence-electron chi connectivity index (χ4n) is 1.73. The van der Waals surface area contributed by atoms with Crippen LogP contribution in [0.15, 0.2) is 27.6 Å². The highest BCUT2D eigenvalue weighted by Gasteiger charge is 2.10. The minimum Gasteiger partial charge on any atom is -0.399 e. The first-order valence-corrected chi connectivity index (χ1v) is 7.44. The summed E-state index contributed by atoms with van der Waals surface area (Å²) in [5, 5.41) is 4.39. The number of nitrogen functional groups attached to an aromatic ring is 1. The molecule has 0 saturated heterocycles. The lowest BCUT2D eigenvalue weighted by atomic mass is 10.2. The zero-order valence-electron chi connectivity index (χ0n) is 10.7. The number of anilines is 1. The van der Waals surface area contributed by atoms with Gasteiger partial charge in [0.05, 0.1) is 15.9 Å². The normalized spacial score (nSPS) is 10.9. The summed E-state index contributed by atoms with van der Waals surface area (Å²) in [6.07, 6.45) is 0. The second kappa shape index (κ2) is 5.36. The minimum atomic E-state index is 0.844. The lowest BCUT2D eigenvalue weighted by Crippen LogP contribution is -1.97. The van der Waals surface area contributed by atoms with Gasteiger partial charge in [-0.3, -0.25) is 4.68 Å². The number of nitrogens with two attached hydrogens (primary N) is 1. The summed E-state index contributed by atoms with van der Waals surface area (Å²) in [5.74, 6) is 0.890. The number of thioether (sulfide) groups is 1. The van der Waals surface area contributed by atoms with Crippen LogP contribution in [-0.4, -0.2) is 9.78 Å². The maximum atomic E-state index is 5.82. The Hall–Kier alpha value is -0.940. The molecule has 1 aromatic heterocycles. The number of aryl methyl sites for hydroxylation is 3. The number of rotatable bonds is 3. The highest BCUT2D eigenvalue weighted by molar-refractivity contribution is 9.10. The summed E-state index contributed by atoms with van der Waals surface area (Å²) in [5.41, 5.74) is 10.0. The number of aromatic nitrogens is 2. The zero-order valence-corrected chi connectivity index (χ0v) is 13.1. The van der Waals surface area contributed by atoms with Gasteiger partial charge in [-0.15, -0.1) is 11.8 Å². The van der Waals surface area contributed by atoms with Crippen molar-refractivity contribution in [2.45, 2.75) is 24.5 Å². The molecule has 2 N–H and O–H groups in total. The molecular formula is C13H16BrN3S. The van der Waals surface area contributed by atoms with Gasteiger partial charge in [-0.2, -0.15) is 5.10 Å². The lowest BCUT2D eigenvalue weighted by molar-refractivity contribution is 0.727. The standard InChI is InChI=1S/C13H16BrN3S/c1-8-6-10(4-5-11(8)15)18-7-12-13(14)9(2)16-17(12)3/h4-6H,7,15H2,1-3H3. The molecule has 0 bridgehead atoms. The monoisotopic (exact) mass is 325 g/mol. The number of benzene rings is 1. The molecule has 1 aromatic carbocycles. The molecule has 0 unspecified atom stereocenters. The highest BCUT2D eigenvalue weighted by Crippen LogP contribution is 2.29. The van der Waals surface area contributed by atoms with Crippen LogP contribution in [0.4, 0.5) is 5.69 Å². The first-order valence-electron chi connectivity index (χ1n) is 5.66. The number of nitrogens with zero attached hydrogens (tertiary/aromatic N) is 2. The van der Waals surface area contributed by atoms with E-state index in [2.05, 4.69) is 33.2 Å². The average molecular weight is 326 g/mol. The first kappa shape index (κ1) is 13.5. The summed E-state index contributed by atoms with van der Waals surface area (Å²) in [4.78, 5) is 1.23. The van der Waals surface area contributed by atoms with Gasteiger partial charge in [0.15, 0.2) is 0 Å². The van der Waals surface area contributed by atoms with Gasteiger partial charge < -0.3 is 5.73 Å². The van der Waals surface area contributed by atoms with E-state index in [1.165, 1.54) is 10.6 Å². The van der Waals surface area contributed by atoms with E-state index in [0.29, 0.717) is 0 Å². The second-order valence-electron chi connectivity index (χ2n) is 4.28. The Kier molecular flexibility index (Phi) is 4.02. The minimum absolute atomic E-state index is 0.844. The third-order valence-corrected chi connectivity index (χ3v) is 4.92. The molecular weight excluding hydrogens is 310 g/mol. The smallest absolute Gasteiger partial charge is 0.0738 e. The third kappa shape index (κ3) is 2.72. The van der Waals surface area contributed by atoms with Crippen molar-refractivity contribution in [2.75, 3.05) is 5.73 Å². The van der Waals surface area contributed by atoms with Crippen molar-refractivity contribution in [2.24, 2.45) is 7.05 Å². The Morgan fingerprint density at radius 3 is 2.67 bits per heavy atom. The Morgan fingerprint density at radius 1 is 1.39 bits per heavy atom. The van der Waals surface area contributed by atoms with Crippen LogP contribution < -0.4 is 5.73 Å². The van der Waals surface area contributed by atoms with Crippen molar-refractivity contribution in [3.05, 3.63) is 39.6 Å². The van der Waals surface area contributed by atoms with Crippen LogP contribution >= 0.6 is 27.7 Å². The quantitative estimate of drug-likeness (QED) is 0.691. The van der Waals surface area contributed by atoms with Crippen LogP contribution in [0, 0.1) is 13.8 Å². The molecule has 18 heavy (non-hydrogen) atoms. The van der Waals surface area contributed by atoms with Crippen LogP contribution in [0.25, 0.3) is 0 Å². The zero-order chi connectivity index (χ0) is 13.3. The van der Waals surface area contributed by atoms with Crippen LogP contribution in [0.5, 0.6) is 0 Å². The van der Waals surface area contributed by atoms with E-state index in [0.717, 1.165) is 27.2 Å². The summed E-state index contributed by atoms with van der Waals surface area (Å²) in [6.45, 7) is 4.04. The first-order chi connectivity index (χ1) is 8.49. The fourth-order valence-corrected chi connectivity index (χ4v) is 3.45. The van der Waals surface area contributed by atoms with Crippen molar-refractivity contribution >= 4 is 33.4 Å². The van der Waals surface area contributed by atoms with E-state index in [4.69, 9.17) is 5.73 Å². The average Bonchev–Trinajstić information content (AvgIpc) is 2.56. The maximum absolute atomic E-state index is 5.82. The van der Waals surface area contributed by atoms with Gasteiger partial charge in [0.2, 0.25) is 0 Å². The second-order valence-corrected chi connectivity index (χ2v) is 6.12. The molecule has 0 radical (unpaired) electrons. The van der Waals surface area contributed by atoms with Crippen LogP contribution in [-0.2, 0) is 12.8 Å². The van der Waals surface area contributed by atoms with Gasteiger partial charge in [-0.05, 0) is 53.5 Å². The Morgan fingerprint density at radius 2 is 2.11 bits per heavy atom. The lowest BCUT2D eigenvalue weighted by Gasteiger charge is -2.06. The molecule has 0 aliphatic rings. The molecule has 0 aliphatic heterocycles. The number of hydrogen-bond donors (Lipinski definition) is 1. The number of hydrogen-bond acceptors (Lipinski definition) is 3. The Labute approximate surface area is 120 Å². The molecule has 0 saturated carbocycles. The van der Waals surface area contributed by atoms with E-state index in [1.54, 1.807) is 11.8 Å². The van der Waals surface area contributed by atoms with Gasteiger partial charge in [0.1, 0.15) is 0 Å². The summed E-state index contributed by atoms with van der Waals surface area (Å²) < 4.78 is 3.03. The molecule has 0 amide bonds. The van der Waals surface area contributed by atoms with Crippen molar-refractivity contribution in [3.63, 3.8) is 0 Å². The molecule has 96 valence electrons. The van der Waals surface area contributed by atoms with E-state index in [-0.39, 0.29) is 0 Å². The summed E-state index contributed by atoms with van der Waals surface area (Å²) in [7, 11) is 1.97. The molecule has 2 rings (SSSR count). The fraction of sp³-hybridized carbons (Fsp3) is 0.308. The molecule has 0 spiro atoms. The van der Waals surface area contributed by atoms with E-state index in [9.17, 15) is 0 Å². The summed E-state index contributed by atoms with van der Waals surface area (Å²) in [6, 6.07) is 6.14. The molecule has 2 aromatic rings. The van der Waals surface area contributed by atoms with Crippen molar-refractivity contribution in [1.82, 2.24) is 9.78 Å². The molecule has 0 aliphatic carbocycles. The predicted molar refractivity (Wildman–Crippen MR) is 80.8 cm³/mol. The third-order valence-electron chi connectivity index (χ3n) is 2.88. The van der Waals surface area contributed by atoms with E-state index >= 15 is 0 Å². The van der Waals surface area contributed by atoms with Crippen molar-refractivity contribution in [1.29, 1.82) is 0 Å². The largest absolute Gasteiger partial charge is 0.399 e. The highest BCUT2D eigenvalue weighted by atomic mass is 79.9. The van der Waals surface area contributed by atoms with Crippen molar-refractivity contribution < 1.29 is 0 Å². The SMILES string of the molecule is Cc1cc(SCc2c(Br)c(C)nn2C)ccc1N. The Balaban J connectivity index is 2.14. The van der Waals surface area contributed by atoms with Gasteiger partial charge in [-0.25, -0.2) is 0 Å². The molecule has 0 fully saturated rings. The maximum Gasteiger partial charge on any atom is 0.0738 e.